The summed E-state index contributed by atoms with van der Waals surface area (Å²) in [6.07, 6.45) is 5.16. The molecule has 2 aromatic rings. The second-order valence-electron chi connectivity index (χ2n) is 12.4. The quantitative estimate of drug-likeness (QED) is 0.264. The van der Waals surface area contributed by atoms with E-state index in [0.29, 0.717) is 19.6 Å². The lowest BCUT2D eigenvalue weighted by Crippen LogP contribution is -2.44. The molecule has 0 fully saturated rings. The van der Waals surface area contributed by atoms with Crippen molar-refractivity contribution in [3.8, 4) is 0 Å². The van der Waals surface area contributed by atoms with Crippen LogP contribution in [0.5, 0.6) is 0 Å². The largest absolute Gasteiger partial charge is 0.417 e. The Morgan fingerprint density at radius 1 is 0.941 bits per heavy atom. The summed E-state index contributed by atoms with van der Waals surface area (Å²) >= 11 is 0. The molecule has 1 unspecified atom stereocenters. The van der Waals surface area contributed by atoms with Gasteiger partial charge in [-0.15, -0.1) is 0 Å². The lowest BCUT2D eigenvalue weighted by Gasteiger charge is -2.37. The van der Waals surface area contributed by atoms with Crippen molar-refractivity contribution in [1.29, 1.82) is 0 Å². The van der Waals surface area contributed by atoms with Crippen LogP contribution in [0.25, 0.3) is 0 Å². The van der Waals surface area contributed by atoms with E-state index in [1.165, 1.54) is 0 Å². The molecule has 3 nitrogen and oxygen atoms in total. The summed E-state index contributed by atoms with van der Waals surface area (Å²) in [5.41, 5.74) is 2.61. The van der Waals surface area contributed by atoms with Crippen LogP contribution < -0.4 is 4.90 Å². The Bertz CT molecular complexity index is 1020. The van der Waals surface area contributed by atoms with Gasteiger partial charge in [-0.05, 0) is 47.8 Å². The molecule has 2 aromatic carbocycles. The van der Waals surface area contributed by atoms with E-state index in [-0.39, 0.29) is 10.9 Å². The third kappa shape index (κ3) is 5.81. The molecule has 1 aliphatic rings. The second-order valence-corrected chi connectivity index (χ2v) is 22.7. The summed E-state index contributed by atoms with van der Waals surface area (Å²) in [5, 5.41) is 0.144. The first-order valence-electron chi connectivity index (χ1n) is 12.5. The predicted octanol–water partition coefficient (Wildman–Crippen LogP) is 7.78. The summed E-state index contributed by atoms with van der Waals surface area (Å²) in [6, 6.07) is 19.7. The maximum atomic E-state index is 14.2. The summed E-state index contributed by atoms with van der Waals surface area (Å²) in [5.74, 6) is 0.170. The van der Waals surface area contributed by atoms with Gasteiger partial charge in [-0.2, -0.15) is 0 Å². The third-order valence-electron chi connectivity index (χ3n) is 7.38. The Balaban J connectivity index is 1.99. The van der Waals surface area contributed by atoms with Crippen LogP contribution >= 0.6 is 0 Å². The second kappa shape index (κ2) is 9.96. The van der Waals surface area contributed by atoms with Crippen molar-refractivity contribution in [3.63, 3.8) is 0 Å². The minimum Gasteiger partial charge on any atom is -0.417 e. The van der Waals surface area contributed by atoms with Gasteiger partial charge in [0.1, 0.15) is 0 Å². The van der Waals surface area contributed by atoms with E-state index in [1.807, 2.05) is 29.2 Å². The molecule has 1 amide bonds. The number of para-hydroxylation sites is 1. The number of fused-ring (bicyclic) bond motifs is 1. The number of rotatable bonds is 9. The van der Waals surface area contributed by atoms with Crippen LogP contribution in [-0.4, -0.2) is 28.9 Å². The monoisotopic (exact) mass is 493 g/mol. The van der Waals surface area contributed by atoms with Crippen molar-refractivity contribution in [2.24, 2.45) is 0 Å². The molecule has 0 aliphatic carbocycles. The molecule has 0 bridgehead atoms. The van der Waals surface area contributed by atoms with Gasteiger partial charge in [-0.25, -0.2) is 0 Å². The summed E-state index contributed by atoms with van der Waals surface area (Å²) < 4.78 is 6.59. The molecule has 184 valence electrons. The predicted molar refractivity (Wildman–Crippen MR) is 151 cm³/mol. The lowest BCUT2D eigenvalue weighted by atomic mass is 9.78. The number of benzene rings is 2. The van der Waals surface area contributed by atoms with E-state index in [2.05, 4.69) is 96.0 Å². The smallest absolute Gasteiger partial charge is 0.241 e. The van der Waals surface area contributed by atoms with E-state index in [0.717, 1.165) is 22.9 Å². The van der Waals surface area contributed by atoms with Crippen molar-refractivity contribution in [3.05, 3.63) is 77.9 Å². The zero-order valence-corrected chi connectivity index (χ0v) is 24.4. The van der Waals surface area contributed by atoms with Gasteiger partial charge < -0.3 is 9.33 Å². The molecule has 1 heterocycles. The van der Waals surface area contributed by atoms with Crippen molar-refractivity contribution in [1.82, 2.24) is 0 Å². The van der Waals surface area contributed by atoms with E-state index in [9.17, 15) is 4.79 Å². The van der Waals surface area contributed by atoms with Crippen LogP contribution in [0, 0.1) is 0 Å². The fourth-order valence-electron chi connectivity index (χ4n) is 4.26. The number of amides is 1. The van der Waals surface area contributed by atoms with Crippen molar-refractivity contribution in [2.75, 3.05) is 11.5 Å². The number of carbonyl (C=O) groups is 1. The fourth-order valence-corrected chi connectivity index (χ4v) is 6.13. The van der Waals surface area contributed by atoms with Crippen LogP contribution in [0.2, 0.25) is 43.8 Å². The minimum atomic E-state index is -1.90. The number of nitrogens with zero attached hydrogens (tertiary/aromatic N) is 1. The lowest BCUT2D eigenvalue weighted by molar-refractivity contribution is -0.122. The highest BCUT2D eigenvalue weighted by Crippen LogP contribution is 2.46. The normalized spacial score (nSPS) is 19.2. The Morgan fingerprint density at radius 2 is 1.56 bits per heavy atom. The highest BCUT2D eigenvalue weighted by Gasteiger charge is 2.49. The minimum absolute atomic E-state index is 0.144. The van der Waals surface area contributed by atoms with Crippen molar-refractivity contribution < 1.29 is 9.22 Å². The molecule has 5 heteroatoms. The number of hydrogen-bond acceptors (Lipinski definition) is 2. The highest BCUT2D eigenvalue weighted by molar-refractivity contribution is 6.76. The van der Waals surface area contributed by atoms with Crippen LogP contribution in [0.4, 0.5) is 5.69 Å². The van der Waals surface area contributed by atoms with E-state index in [4.69, 9.17) is 4.43 Å². The molecular formula is C29H43NO2Si2. The SMILES string of the molecule is CC(C)(C)[Si](C)(C)OCCC1(/C=C/C[Si](C)(C)C)C(=O)N(Cc2ccccc2)c2ccccc21. The molecule has 1 aliphatic heterocycles. The maximum Gasteiger partial charge on any atom is 0.241 e. The highest BCUT2D eigenvalue weighted by atomic mass is 28.4. The summed E-state index contributed by atoms with van der Waals surface area (Å²) in [6.45, 7) is 19.7. The maximum absolute atomic E-state index is 14.2. The first kappa shape index (κ1) is 26.6. The Hall–Kier alpha value is -1.96. The zero-order valence-electron chi connectivity index (χ0n) is 22.4. The van der Waals surface area contributed by atoms with Gasteiger partial charge in [0.25, 0.3) is 0 Å². The van der Waals surface area contributed by atoms with Gasteiger partial charge in [0, 0.05) is 20.4 Å². The number of hydrogen-bond donors (Lipinski definition) is 0. The molecule has 0 saturated carbocycles. The topological polar surface area (TPSA) is 29.5 Å². The fraction of sp³-hybridized carbons (Fsp3) is 0.483. The van der Waals surface area contributed by atoms with E-state index >= 15 is 0 Å². The number of allylic oxidation sites excluding steroid dienone is 1. The zero-order chi connectivity index (χ0) is 25.2. The van der Waals surface area contributed by atoms with Crippen molar-refractivity contribution >= 4 is 28.0 Å². The van der Waals surface area contributed by atoms with Gasteiger partial charge in [-0.1, -0.05) is 101 Å². The molecule has 0 aromatic heterocycles. The molecule has 3 rings (SSSR count). The average molecular weight is 494 g/mol. The first-order chi connectivity index (χ1) is 15.8. The van der Waals surface area contributed by atoms with Crippen LogP contribution in [0.15, 0.2) is 66.7 Å². The molecule has 34 heavy (non-hydrogen) atoms. The van der Waals surface area contributed by atoms with Crippen LogP contribution in [0.1, 0.15) is 38.3 Å². The van der Waals surface area contributed by atoms with Crippen molar-refractivity contribution in [2.45, 2.75) is 83.0 Å². The van der Waals surface area contributed by atoms with Crippen LogP contribution in [0.3, 0.4) is 0 Å². The van der Waals surface area contributed by atoms with Gasteiger partial charge >= 0.3 is 0 Å². The molecule has 0 saturated heterocycles. The summed E-state index contributed by atoms with van der Waals surface area (Å²) in [7, 11) is -3.18. The van der Waals surface area contributed by atoms with Gasteiger partial charge in [-0.3, -0.25) is 4.79 Å². The molecule has 1 atom stereocenters. The average Bonchev–Trinajstić information content (AvgIpc) is 2.96. The van der Waals surface area contributed by atoms with E-state index in [1.54, 1.807) is 0 Å². The molecule has 0 spiro atoms. The van der Waals surface area contributed by atoms with Crippen LogP contribution in [-0.2, 0) is 21.2 Å². The third-order valence-corrected chi connectivity index (χ3v) is 13.4. The Kier molecular flexibility index (Phi) is 7.80. The molecule has 0 N–H and O–H groups in total. The number of carbonyl (C=O) groups excluding carboxylic acids is 1. The standard InChI is InChI=1S/C29H43NO2Si2/c1-28(2,3)34(7,8)32-21-20-29(19-14-22-33(4,5)6)25-17-12-13-18-26(25)30(27(29)31)23-24-15-10-9-11-16-24/h9-19H,20-23H2,1-8H3/b19-14+. The van der Waals surface area contributed by atoms with Gasteiger partial charge in [0.15, 0.2) is 8.32 Å². The van der Waals surface area contributed by atoms with E-state index < -0.39 is 21.8 Å². The number of anilines is 1. The Labute approximate surface area is 209 Å². The Morgan fingerprint density at radius 3 is 2.18 bits per heavy atom. The molecular weight excluding hydrogens is 450 g/mol. The molecule has 0 radical (unpaired) electrons. The van der Waals surface area contributed by atoms with Gasteiger partial charge in [0.05, 0.1) is 12.0 Å². The van der Waals surface area contributed by atoms with Gasteiger partial charge in [0.2, 0.25) is 5.91 Å². The first-order valence-corrected chi connectivity index (χ1v) is 19.2. The summed E-state index contributed by atoms with van der Waals surface area (Å²) in [4.78, 5) is 16.2.